The highest BCUT2D eigenvalue weighted by Crippen LogP contribution is 2.23. The van der Waals surface area contributed by atoms with Gasteiger partial charge in [0.1, 0.15) is 0 Å². The van der Waals surface area contributed by atoms with Crippen molar-refractivity contribution in [2.75, 3.05) is 6.54 Å². The van der Waals surface area contributed by atoms with E-state index in [9.17, 15) is 0 Å². The molecule has 0 unspecified atom stereocenters. The molecule has 1 heterocycles. The van der Waals surface area contributed by atoms with Gasteiger partial charge < -0.3 is 9.84 Å². The first-order chi connectivity index (χ1) is 9.31. The van der Waals surface area contributed by atoms with E-state index in [0.717, 1.165) is 31.1 Å². The topological polar surface area (TPSA) is 51.0 Å². The lowest BCUT2D eigenvalue weighted by Gasteiger charge is -2.04. The quantitative estimate of drug-likeness (QED) is 0.788. The summed E-state index contributed by atoms with van der Waals surface area (Å²) in [5.41, 5.74) is 1.30. The molecule has 0 saturated heterocycles. The molecular formula is C14H19N3OS. The van der Waals surface area contributed by atoms with E-state index in [2.05, 4.69) is 46.6 Å². The second-order valence-electron chi connectivity index (χ2n) is 4.17. The maximum absolute atomic E-state index is 5.18. The van der Waals surface area contributed by atoms with Gasteiger partial charge in [0.05, 0.1) is 5.75 Å². The molecule has 0 aliphatic carbocycles. The first-order valence-corrected chi connectivity index (χ1v) is 7.54. The molecule has 1 N–H and O–H groups in total. The van der Waals surface area contributed by atoms with Gasteiger partial charge in [-0.15, -0.1) is 11.8 Å². The Morgan fingerprint density at radius 3 is 2.95 bits per heavy atom. The zero-order valence-electron chi connectivity index (χ0n) is 11.3. The van der Waals surface area contributed by atoms with Crippen LogP contribution in [0.3, 0.4) is 0 Å². The molecule has 102 valence electrons. The van der Waals surface area contributed by atoms with Crippen LogP contribution in [0, 0.1) is 0 Å². The summed E-state index contributed by atoms with van der Waals surface area (Å²) in [4.78, 5) is 5.53. The van der Waals surface area contributed by atoms with Crippen LogP contribution in [0.1, 0.15) is 31.1 Å². The first-order valence-electron chi connectivity index (χ1n) is 6.55. The molecule has 1 aromatic carbocycles. The number of thioether (sulfide) groups is 1. The lowest BCUT2D eigenvalue weighted by molar-refractivity contribution is 0.385. The number of hydrogen-bond donors (Lipinski definition) is 1. The number of nitrogens with zero attached hydrogens (tertiary/aromatic N) is 2. The van der Waals surface area contributed by atoms with Crippen LogP contribution in [0.2, 0.25) is 0 Å². The molecule has 19 heavy (non-hydrogen) atoms. The van der Waals surface area contributed by atoms with Crippen molar-refractivity contribution in [3.05, 3.63) is 41.5 Å². The number of hydrogen-bond acceptors (Lipinski definition) is 5. The largest absolute Gasteiger partial charge is 0.338 e. The van der Waals surface area contributed by atoms with Crippen molar-refractivity contribution < 1.29 is 4.52 Å². The summed E-state index contributed by atoms with van der Waals surface area (Å²) in [6, 6.07) is 8.52. The van der Waals surface area contributed by atoms with Crippen LogP contribution >= 0.6 is 11.8 Å². The van der Waals surface area contributed by atoms with Crippen molar-refractivity contribution in [1.29, 1.82) is 0 Å². The Hall–Kier alpha value is -1.33. The molecule has 0 aliphatic heterocycles. The molecule has 2 rings (SSSR count). The SMILES string of the molecule is CCNCc1cccc(SCc2nc(CC)no2)c1. The maximum Gasteiger partial charge on any atom is 0.237 e. The van der Waals surface area contributed by atoms with Gasteiger partial charge in [0.2, 0.25) is 5.89 Å². The summed E-state index contributed by atoms with van der Waals surface area (Å²) in [5, 5.41) is 7.22. The second-order valence-corrected chi connectivity index (χ2v) is 5.22. The fourth-order valence-electron chi connectivity index (χ4n) is 1.65. The van der Waals surface area contributed by atoms with Crippen LogP contribution in [0.25, 0.3) is 0 Å². The Bertz CT molecular complexity index is 513. The summed E-state index contributed by atoms with van der Waals surface area (Å²) in [7, 11) is 0. The third-order valence-electron chi connectivity index (χ3n) is 2.67. The molecular weight excluding hydrogens is 258 g/mol. The van der Waals surface area contributed by atoms with Crippen LogP contribution in [0.5, 0.6) is 0 Å². The average Bonchev–Trinajstić information content (AvgIpc) is 2.91. The van der Waals surface area contributed by atoms with Gasteiger partial charge in [-0.1, -0.05) is 31.1 Å². The summed E-state index contributed by atoms with van der Waals surface area (Å²) >= 11 is 1.72. The van der Waals surface area contributed by atoms with E-state index in [1.165, 1.54) is 10.5 Å². The Morgan fingerprint density at radius 1 is 1.32 bits per heavy atom. The van der Waals surface area contributed by atoms with Gasteiger partial charge in [0.15, 0.2) is 5.82 Å². The van der Waals surface area contributed by atoms with E-state index in [0.29, 0.717) is 5.89 Å². The van der Waals surface area contributed by atoms with Gasteiger partial charge in [-0.05, 0) is 24.2 Å². The van der Waals surface area contributed by atoms with Crippen molar-refractivity contribution in [1.82, 2.24) is 15.5 Å². The minimum Gasteiger partial charge on any atom is -0.338 e. The van der Waals surface area contributed by atoms with Crippen LogP contribution in [0.15, 0.2) is 33.7 Å². The van der Waals surface area contributed by atoms with Gasteiger partial charge in [-0.3, -0.25) is 0 Å². The van der Waals surface area contributed by atoms with E-state index in [4.69, 9.17) is 4.52 Å². The average molecular weight is 277 g/mol. The van der Waals surface area contributed by atoms with Gasteiger partial charge in [0, 0.05) is 17.9 Å². The first kappa shape index (κ1) is 14.1. The van der Waals surface area contributed by atoms with Gasteiger partial charge >= 0.3 is 0 Å². The Labute approximate surface area is 118 Å². The standard InChI is InChI=1S/C14H19N3OS/c1-3-13-16-14(18-17-13)10-19-12-7-5-6-11(8-12)9-15-4-2/h5-8,15H,3-4,9-10H2,1-2H3. The van der Waals surface area contributed by atoms with Crippen molar-refractivity contribution >= 4 is 11.8 Å². The molecule has 1 aromatic heterocycles. The molecule has 0 radical (unpaired) electrons. The third-order valence-corrected chi connectivity index (χ3v) is 3.64. The van der Waals surface area contributed by atoms with E-state index in [1.807, 2.05) is 6.92 Å². The van der Waals surface area contributed by atoms with Crippen molar-refractivity contribution in [3.8, 4) is 0 Å². The number of aromatic nitrogens is 2. The van der Waals surface area contributed by atoms with E-state index < -0.39 is 0 Å². The van der Waals surface area contributed by atoms with Crippen LogP contribution < -0.4 is 5.32 Å². The Morgan fingerprint density at radius 2 is 2.21 bits per heavy atom. The summed E-state index contributed by atoms with van der Waals surface area (Å²) in [6.07, 6.45) is 0.812. The van der Waals surface area contributed by atoms with Crippen molar-refractivity contribution in [2.24, 2.45) is 0 Å². The monoisotopic (exact) mass is 277 g/mol. The number of nitrogens with one attached hydrogen (secondary N) is 1. The zero-order chi connectivity index (χ0) is 13.5. The van der Waals surface area contributed by atoms with E-state index in [-0.39, 0.29) is 0 Å². The molecule has 0 aliphatic rings. The highest BCUT2D eigenvalue weighted by Gasteiger charge is 2.05. The summed E-state index contributed by atoms with van der Waals surface area (Å²) in [5.74, 6) is 2.19. The van der Waals surface area contributed by atoms with Crippen molar-refractivity contribution in [3.63, 3.8) is 0 Å². The molecule has 5 heteroatoms. The molecule has 4 nitrogen and oxygen atoms in total. The Kier molecular flexibility index (Phi) is 5.42. The van der Waals surface area contributed by atoms with Crippen LogP contribution in [-0.4, -0.2) is 16.7 Å². The second kappa shape index (κ2) is 7.31. The molecule has 0 spiro atoms. The van der Waals surface area contributed by atoms with Gasteiger partial charge in [-0.2, -0.15) is 4.98 Å². The highest BCUT2D eigenvalue weighted by molar-refractivity contribution is 7.98. The molecule has 0 fully saturated rings. The van der Waals surface area contributed by atoms with Crippen LogP contribution in [0.4, 0.5) is 0 Å². The predicted octanol–water partition coefficient (Wildman–Crippen LogP) is 3.03. The molecule has 0 saturated carbocycles. The van der Waals surface area contributed by atoms with Gasteiger partial charge in [0.25, 0.3) is 0 Å². The minimum absolute atomic E-state index is 0.693. The summed E-state index contributed by atoms with van der Waals surface area (Å²) in [6.45, 7) is 6.02. The fourth-order valence-corrected chi connectivity index (χ4v) is 2.47. The third kappa shape index (κ3) is 4.36. The lowest BCUT2D eigenvalue weighted by Crippen LogP contribution is -2.11. The maximum atomic E-state index is 5.18. The molecule has 2 aromatic rings. The zero-order valence-corrected chi connectivity index (χ0v) is 12.2. The molecule has 0 bridgehead atoms. The van der Waals surface area contributed by atoms with Crippen molar-refractivity contribution in [2.45, 2.75) is 37.5 Å². The molecule has 0 atom stereocenters. The lowest BCUT2D eigenvalue weighted by atomic mass is 10.2. The fraction of sp³-hybridized carbons (Fsp3) is 0.429. The Balaban J connectivity index is 1.91. The number of rotatable bonds is 7. The van der Waals surface area contributed by atoms with Crippen LogP contribution in [-0.2, 0) is 18.7 Å². The van der Waals surface area contributed by atoms with Gasteiger partial charge in [-0.25, -0.2) is 0 Å². The predicted molar refractivity (Wildman–Crippen MR) is 77.1 cm³/mol. The minimum atomic E-state index is 0.693. The van der Waals surface area contributed by atoms with E-state index >= 15 is 0 Å². The number of benzene rings is 1. The van der Waals surface area contributed by atoms with E-state index in [1.54, 1.807) is 11.8 Å². The normalized spacial score (nSPS) is 10.8. The highest BCUT2D eigenvalue weighted by atomic mass is 32.2. The molecule has 0 amide bonds. The summed E-state index contributed by atoms with van der Waals surface area (Å²) < 4.78 is 5.18. The smallest absolute Gasteiger partial charge is 0.237 e. The number of aryl methyl sites for hydroxylation is 1.